The van der Waals surface area contributed by atoms with E-state index in [0.29, 0.717) is 51.6 Å². The van der Waals surface area contributed by atoms with E-state index >= 15 is 0 Å². The van der Waals surface area contributed by atoms with Gasteiger partial charge in [-0.2, -0.15) is 0 Å². The zero-order chi connectivity index (χ0) is 23.9. The average Bonchev–Trinajstić information content (AvgIpc) is 3.40. The van der Waals surface area contributed by atoms with E-state index in [4.69, 9.17) is 16.3 Å². The third kappa shape index (κ3) is 4.71. The lowest BCUT2D eigenvalue weighted by atomic mass is 10.2. The van der Waals surface area contributed by atoms with Gasteiger partial charge in [-0.05, 0) is 24.3 Å². The Hall–Kier alpha value is -2.08. The number of carbonyl (C=O) groups is 1. The van der Waals surface area contributed by atoms with Crippen LogP contribution in [0.1, 0.15) is 9.67 Å². The number of aromatic nitrogens is 1. The van der Waals surface area contributed by atoms with E-state index in [9.17, 15) is 13.2 Å². The zero-order valence-corrected chi connectivity index (χ0v) is 21.6. The predicted octanol–water partition coefficient (Wildman–Crippen LogP) is 4.55. The van der Waals surface area contributed by atoms with Gasteiger partial charge in [-0.25, -0.2) is 13.4 Å². The summed E-state index contributed by atoms with van der Waals surface area (Å²) in [6.45, 7) is 4.06. The number of thiazole rings is 1. The Labute approximate surface area is 210 Å². The fourth-order valence-electron chi connectivity index (χ4n) is 3.86. The van der Waals surface area contributed by atoms with Gasteiger partial charge in [0, 0.05) is 42.5 Å². The summed E-state index contributed by atoms with van der Waals surface area (Å²) in [7, 11) is -3.35. The highest BCUT2D eigenvalue weighted by molar-refractivity contribution is 7.90. The van der Waals surface area contributed by atoms with Crippen molar-refractivity contribution < 1.29 is 17.9 Å². The Balaban J connectivity index is 1.53. The number of nitrogens with zero attached hydrogens (tertiary/aromatic N) is 3. The molecule has 4 aromatic rings. The van der Waals surface area contributed by atoms with Crippen molar-refractivity contribution in [3.05, 3.63) is 52.4 Å². The van der Waals surface area contributed by atoms with E-state index in [1.165, 1.54) is 28.9 Å². The van der Waals surface area contributed by atoms with Crippen LogP contribution >= 0.6 is 34.3 Å². The Morgan fingerprint density at radius 2 is 1.91 bits per heavy atom. The highest BCUT2D eigenvalue weighted by atomic mass is 35.5. The molecule has 178 valence electrons. The summed E-state index contributed by atoms with van der Waals surface area (Å²) in [5.74, 6) is -0.207. The van der Waals surface area contributed by atoms with Crippen LogP contribution in [0.4, 0.5) is 5.13 Å². The number of fused-ring (bicyclic) bond motifs is 2. The van der Waals surface area contributed by atoms with E-state index in [-0.39, 0.29) is 10.8 Å². The van der Waals surface area contributed by atoms with Gasteiger partial charge in [0.05, 0.1) is 33.3 Å². The molecule has 0 N–H and O–H groups in total. The molecule has 34 heavy (non-hydrogen) atoms. The summed E-state index contributed by atoms with van der Waals surface area (Å²) >= 11 is 9.31. The SMILES string of the molecule is CS(=O)(=O)c1ccc2nc(N(CCN3CCOCC3)C(=O)c3sc4ccccc4c3Cl)sc2c1. The van der Waals surface area contributed by atoms with Crippen molar-refractivity contribution in [2.75, 3.05) is 50.5 Å². The Bertz CT molecular complexity index is 1480. The molecule has 1 saturated heterocycles. The van der Waals surface area contributed by atoms with Gasteiger partial charge < -0.3 is 4.74 Å². The lowest BCUT2D eigenvalue weighted by Crippen LogP contribution is -2.43. The number of benzene rings is 2. The highest BCUT2D eigenvalue weighted by Gasteiger charge is 2.27. The fourth-order valence-corrected chi connectivity index (χ4v) is 7.08. The number of morpholine rings is 1. The minimum absolute atomic E-state index is 0.207. The maximum absolute atomic E-state index is 13.8. The van der Waals surface area contributed by atoms with Crippen LogP contribution in [0.25, 0.3) is 20.3 Å². The molecule has 1 aliphatic rings. The maximum Gasteiger partial charge on any atom is 0.271 e. The summed E-state index contributed by atoms with van der Waals surface area (Å²) in [6.07, 6.45) is 1.18. The van der Waals surface area contributed by atoms with Crippen molar-refractivity contribution in [1.29, 1.82) is 0 Å². The standard InChI is InChI=1S/C23H22ClN3O4S3/c1-34(29,30)15-6-7-17-19(14-15)33-23(25-17)27(9-8-26-10-12-31-13-11-26)22(28)21-20(24)16-4-2-3-5-18(16)32-21/h2-7,14H,8-13H2,1H3. The second-order valence-electron chi connectivity index (χ2n) is 8.05. The summed E-state index contributed by atoms with van der Waals surface area (Å²) in [4.78, 5) is 23.1. The summed E-state index contributed by atoms with van der Waals surface area (Å²) in [6, 6.07) is 12.5. The molecule has 2 aromatic heterocycles. The average molecular weight is 536 g/mol. The fraction of sp³-hybridized carbons (Fsp3) is 0.304. The molecule has 0 bridgehead atoms. The number of rotatable bonds is 6. The number of halogens is 1. The normalized spacial score (nSPS) is 15.2. The second-order valence-corrected chi connectivity index (χ2v) is 12.5. The number of sulfone groups is 1. The molecular formula is C23H22ClN3O4S3. The molecule has 0 unspecified atom stereocenters. The van der Waals surface area contributed by atoms with E-state index in [2.05, 4.69) is 9.88 Å². The first-order valence-electron chi connectivity index (χ1n) is 10.7. The summed E-state index contributed by atoms with van der Waals surface area (Å²) in [5, 5.41) is 1.82. The van der Waals surface area contributed by atoms with Crippen LogP contribution in [0, 0.1) is 0 Å². The van der Waals surface area contributed by atoms with Crippen molar-refractivity contribution in [2.24, 2.45) is 0 Å². The molecule has 1 amide bonds. The lowest BCUT2D eigenvalue weighted by molar-refractivity contribution is 0.0391. The number of carbonyl (C=O) groups excluding carboxylic acids is 1. The van der Waals surface area contributed by atoms with Crippen LogP contribution in [0.3, 0.4) is 0 Å². The van der Waals surface area contributed by atoms with Crippen molar-refractivity contribution >= 4 is 75.5 Å². The zero-order valence-electron chi connectivity index (χ0n) is 18.4. The Morgan fingerprint density at radius 1 is 1.15 bits per heavy atom. The van der Waals surface area contributed by atoms with Gasteiger partial charge in [-0.3, -0.25) is 14.6 Å². The molecule has 2 aromatic carbocycles. The first-order chi connectivity index (χ1) is 16.3. The van der Waals surface area contributed by atoms with Crippen LogP contribution in [0.15, 0.2) is 47.4 Å². The molecule has 0 spiro atoms. The van der Waals surface area contributed by atoms with Crippen LogP contribution in [-0.2, 0) is 14.6 Å². The quantitative estimate of drug-likeness (QED) is 0.360. The topological polar surface area (TPSA) is 79.8 Å². The van der Waals surface area contributed by atoms with Crippen molar-refractivity contribution in [3.8, 4) is 0 Å². The molecule has 0 atom stereocenters. The third-order valence-corrected chi connectivity index (χ3v) is 9.54. The summed E-state index contributed by atoms with van der Waals surface area (Å²) < 4.78 is 31.1. The van der Waals surface area contributed by atoms with Gasteiger partial charge in [0.2, 0.25) is 0 Å². The summed E-state index contributed by atoms with van der Waals surface area (Å²) in [5.41, 5.74) is 0.652. The van der Waals surface area contributed by atoms with Gasteiger partial charge in [0.1, 0.15) is 4.88 Å². The van der Waals surface area contributed by atoms with Crippen LogP contribution in [0.5, 0.6) is 0 Å². The second kappa shape index (κ2) is 9.52. The largest absolute Gasteiger partial charge is 0.379 e. The maximum atomic E-state index is 13.8. The molecule has 3 heterocycles. The van der Waals surface area contributed by atoms with E-state index in [1.807, 2.05) is 24.3 Å². The van der Waals surface area contributed by atoms with Crippen molar-refractivity contribution in [3.63, 3.8) is 0 Å². The van der Waals surface area contributed by atoms with Crippen molar-refractivity contribution in [1.82, 2.24) is 9.88 Å². The molecule has 0 radical (unpaired) electrons. The first kappa shape index (κ1) is 23.7. The predicted molar refractivity (Wildman–Crippen MR) is 139 cm³/mol. The minimum atomic E-state index is -3.35. The number of anilines is 1. The molecule has 0 aliphatic carbocycles. The van der Waals surface area contributed by atoms with Gasteiger partial charge in [0.15, 0.2) is 15.0 Å². The minimum Gasteiger partial charge on any atom is -0.379 e. The van der Waals surface area contributed by atoms with Gasteiger partial charge in [0.25, 0.3) is 5.91 Å². The van der Waals surface area contributed by atoms with E-state index in [1.54, 1.807) is 23.1 Å². The van der Waals surface area contributed by atoms with Crippen molar-refractivity contribution in [2.45, 2.75) is 4.90 Å². The molecule has 11 heteroatoms. The monoisotopic (exact) mass is 535 g/mol. The number of hydrogen-bond acceptors (Lipinski definition) is 8. The lowest BCUT2D eigenvalue weighted by Gasteiger charge is -2.29. The number of amides is 1. The number of thiophene rings is 1. The van der Waals surface area contributed by atoms with Crippen LogP contribution in [-0.4, -0.2) is 69.9 Å². The Morgan fingerprint density at radius 3 is 2.65 bits per heavy atom. The van der Waals surface area contributed by atoms with Gasteiger partial charge in [-0.15, -0.1) is 11.3 Å². The van der Waals surface area contributed by atoms with Gasteiger partial charge >= 0.3 is 0 Å². The third-order valence-electron chi connectivity index (χ3n) is 5.73. The molecule has 0 saturated carbocycles. The Kier molecular flexibility index (Phi) is 6.62. The van der Waals surface area contributed by atoms with Gasteiger partial charge in [-0.1, -0.05) is 41.1 Å². The molecule has 1 aliphatic heterocycles. The van der Waals surface area contributed by atoms with E-state index in [0.717, 1.165) is 23.2 Å². The smallest absolute Gasteiger partial charge is 0.271 e. The molecule has 7 nitrogen and oxygen atoms in total. The number of hydrogen-bond donors (Lipinski definition) is 0. The van der Waals surface area contributed by atoms with E-state index < -0.39 is 9.84 Å². The highest BCUT2D eigenvalue weighted by Crippen LogP contribution is 2.38. The van der Waals surface area contributed by atoms with Crippen LogP contribution < -0.4 is 4.90 Å². The van der Waals surface area contributed by atoms with Crippen LogP contribution in [0.2, 0.25) is 5.02 Å². The molecular weight excluding hydrogens is 514 g/mol. The molecule has 1 fully saturated rings. The number of ether oxygens (including phenoxy) is 1. The molecule has 5 rings (SSSR count). The first-order valence-corrected chi connectivity index (χ1v) is 14.6.